The lowest BCUT2D eigenvalue weighted by molar-refractivity contribution is -0.115. The molecule has 5 nitrogen and oxygen atoms in total. The number of urea groups is 1. The van der Waals surface area contributed by atoms with Crippen molar-refractivity contribution in [3.8, 4) is 5.75 Å². The minimum Gasteiger partial charge on any atom is -0.508 e. The minimum atomic E-state index is -0.532. The molecule has 15 heavy (non-hydrogen) atoms. The normalized spacial score (nSPS) is 15.7. The Morgan fingerprint density at radius 2 is 1.80 bits per heavy atom. The second-order valence-electron chi connectivity index (χ2n) is 3.06. The van der Waals surface area contributed by atoms with Gasteiger partial charge in [-0.05, 0) is 24.3 Å². The highest BCUT2D eigenvalue weighted by Crippen LogP contribution is 2.24. The fourth-order valence-corrected chi connectivity index (χ4v) is 1.32. The molecule has 0 saturated carbocycles. The fourth-order valence-electron chi connectivity index (χ4n) is 1.32. The Kier molecular flexibility index (Phi) is 1.93. The lowest BCUT2D eigenvalue weighted by Crippen LogP contribution is -2.27. The largest absolute Gasteiger partial charge is 0.508 e. The van der Waals surface area contributed by atoms with E-state index in [9.17, 15) is 9.59 Å². The highest BCUT2D eigenvalue weighted by molar-refractivity contribution is 6.21. The number of nitrogens with one attached hydrogen (secondary N) is 1. The molecular weight excluding hydrogens is 196 g/mol. The molecule has 1 aromatic rings. The zero-order chi connectivity index (χ0) is 11.0. The third kappa shape index (κ3) is 1.43. The van der Waals surface area contributed by atoms with Crippen LogP contribution in [-0.2, 0) is 4.79 Å². The van der Waals surface area contributed by atoms with Gasteiger partial charge in [0.1, 0.15) is 11.4 Å². The van der Waals surface area contributed by atoms with Crippen molar-refractivity contribution in [1.29, 1.82) is 0 Å². The summed E-state index contributed by atoms with van der Waals surface area (Å²) < 4.78 is 0. The summed E-state index contributed by atoms with van der Waals surface area (Å²) in [6.07, 6.45) is 0. The zero-order valence-corrected chi connectivity index (χ0v) is 7.73. The number of benzene rings is 1. The van der Waals surface area contributed by atoms with E-state index in [-0.39, 0.29) is 11.4 Å². The van der Waals surface area contributed by atoms with E-state index < -0.39 is 11.9 Å². The summed E-state index contributed by atoms with van der Waals surface area (Å²) in [6.45, 7) is 3.50. The molecule has 1 aliphatic heterocycles. The number of phenolic OH excluding ortho intramolecular Hbond substituents is 1. The number of carbonyl (C=O) groups excluding carboxylic acids is 2. The van der Waals surface area contributed by atoms with E-state index in [2.05, 4.69) is 11.9 Å². The number of carbonyl (C=O) groups is 2. The van der Waals surface area contributed by atoms with E-state index in [1.807, 2.05) is 0 Å². The molecule has 76 valence electrons. The molecule has 0 aliphatic carbocycles. The molecule has 0 bridgehead atoms. The monoisotopic (exact) mass is 204 g/mol. The topological polar surface area (TPSA) is 69.6 Å². The average Bonchev–Trinajstić information content (AvgIpc) is 2.44. The van der Waals surface area contributed by atoms with Crippen molar-refractivity contribution in [3.05, 3.63) is 36.5 Å². The van der Waals surface area contributed by atoms with E-state index >= 15 is 0 Å². The van der Waals surface area contributed by atoms with Crippen LogP contribution in [-0.4, -0.2) is 17.0 Å². The zero-order valence-electron chi connectivity index (χ0n) is 7.73. The van der Waals surface area contributed by atoms with Crippen LogP contribution < -0.4 is 10.2 Å². The molecule has 1 aromatic carbocycles. The van der Waals surface area contributed by atoms with Gasteiger partial charge in [0.2, 0.25) is 0 Å². The number of nitrogens with zero attached hydrogens (tertiary/aromatic N) is 1. The van der Waals surface area contributed by atoms with Gasteiger partial charge in [-0.1, -0.05) is 6.58 Å². The molecule has 0 spiro atoms. The predicted octanol–water partition coefficient (Wildman–Crippen LogP) is 0.962. The first kappa shape index (κ1) is 9.26. The number of imide groups is 1. The van der Waals surface area contributed by atoms with Gasteiger partial charge in [0.15, 0.2) is 0 Å². The molecule has 0 aromatic heterocycles. The van der Waals surface area contributed by atoms with Crippen LogP contribution in [0.25, 0.3) is 0 Å². The molecule has 3 amide bonds. The van der Waals surface area contributed by atoms with Gasteiger partial charge in [0.05, 0.1) is 5.69 Å². The number of amides is 3. The maximum Gasteiger partial charge on any atom is 0.333 e. The molecule has 0 atom stereocenters. The number of aromatic hydroxyl groups is 1. The lowest BCUT2D eigenvalue weighted by Gasteiger charge is -2.13. The molecule has 0 radical (unpaired) electrons. The van der Waals surface area contributed by atoms with Gasteiger partial charge in [-0.2, -0.15) is 0 Å². The number of hydrogen-bond donors (Lipinski definition) is 2. The van der Waals surface area contributed by atoms with Gasteiger partial charge >= 0.3 is 6.03 Å². The van der Waals surface area contributed by atoms with Crippen LogP contribution in [0.1, 0.15) is 0 Å². The van der Waals surface area contributed by atoms with Crippen molar-refractivity contribution >= 4 is 17.6 Å². The van der Waals surface area contributed by atoms with Gasteiger partial charge in [-0.15, -0.1) is 0 Å². The summed E-state index contributed by atoms with van der Waals surface area (Å²) in [5.41, 5.74) is 0.562. The molecular formula is C10H8N2O3. The number of hydrogen-bond acceptors (Lipinski definition) is 3. The Bertz CT molecular complexity index is 450. The summed E-state index contributed by atoms with van der Waals surface area (Å²) in [5, 5.41) is 11.2. The van der Waals surface area contributed by atoms with Crippen LogP contribution in [0, 0.1) is 0 Å². The Morgan fingerprint density at radius 3 is 2.27 bits per heavy atom. The molecule has 5 heteroatoms. The standard InChI is InChI=1S/C10H8N2O3/c1-6-9(14)11-10(15)12(6)7-2-4-8(13)5-3-7/h2-5,13H,1H2,(H,11,14,15). The van der Waals surface area contributed by atoms with Crippen LogP contribution in [0.3, 0.4) is 0 Å². The van der Waals surface area contributed by atoms with Gasteiger partial charge in [-0.25, -0.2) is 4.79 Å². The van der Waals surface area contributed by atoms with Crippen molar-refractivity contribution in [2.45, 2.75) is 0 Å². The quantitative estimate of drug-likeness (QED) is 0.528. The van der Waals surface area contributed by atoms with E-state index in [0.29, 0.717) is 5.69 Å². The summed E-state index contributed by atoms with van der Waals surface area (Å²) in [6, 6.07) is 5.38. The lowest BCUT2D eigenvalue weighted by atomic mass is 10.2. The summed E-state index contributed by atoms with van der Waals surface area (Å²) >= 11 is 0. The number of anilines is 1. The molecule has 1 heterocycles. The van der Waals surface area contributed by atoms with Crippen LogP contribution in [0.4, 0.5) is 10.5 Å². The van der Waals surface area contributed by atoms with E-state index in [1.54, 1.807) is 0 Å². The second-order valence-corrected chi connectivity index (χ2v) is 3.06. The van der Waals surface area contributed by atoms with Crippen molar-refractivity contribution in [2.24, 2.45) is 0 Å². The van der Waals surface area contributed by atoms with E-state index in [0.717, 1.165) is 4.90 Å². The third-order valence-corrected chi connectivity index (χ3v) is 2.06. The highest BCUT2D eigenvalue weighted by atomic mass is 16.3. The first-order valence-corrected chi connectivity index (χ1v) is 4.23. The van der Waals surface area contributed by atoms with Crippen molar-refractivity contribution in [1.82, 2.24) is 5.32 Å². The Morgan fingerprint density at radius 1 is 1.20 bits per heavy atom. The van der Waals surface area contributed by atoms with Crippen molar-refractivity contribution in [3.63, 3.8) is 0 Å². The third-order valence-electron chi connectivity index (χ3n) is 2.06. The molecule has 1 aliphatic rings. The van der Waals surface area contributed by atoms with Crippen molar-refractivity contribution < 1.29 is 14.7 Å². The maximum atomic E-state index is 11.4. The summed E-state index contributed by atoms with van der Waals surface area (Å²) in [5.74, 6) is -0.414. The molecule has 1 fully saturated rings. The van der Waals surface area contributed by atoms with Gasteiger partial charge in [0, 0.05) is 0 Å². The summed E-state index contributed by atoms with van der Waals surface area (Å²) in [4.78, 5) is 23.6. The van der Waals surface area contributed by atoms with Crippen LogP contribution >= 0.6 is 0 Å². The van der Waals surface area contributed by atoms with Crippen molar-refractivity contribution in [2.75, 3.05) is 4.90 Å². The molecule has 2 N–H and O–H groups in total. The minimum absolute atomic E-state index is 0.0747. The predicted molar refractivity (Wildman–Crippen MR) is 53.3 cm³/mol. The maximum absolute atomic E-state index is 11.4. The highest BCUT2D eigenvalue weighted by Gasteiger charge is 2.32. The average molecular weight is 204 g/mol. The van der Waals surface area contributed by atoms with Gasteiger partial charge in [0.25, 0.3) is 5.91 Å². The molecule has 0 unspecified atom stereocenters. The van der Waals surface area contributed by atoms with Crippen LogP contribution in [0.15, 0.2) is 36.5 Å². The smallest absolute Gasteiger partial charge is 0.333 e. The summed E-state index contributed by atoms with van der Waals surface area (Å²) in [7, 11) is 0. The van der Waals surface area contributed by atoms with Crippen LogP contribution in [0.5, 0.6) is 5.75 Å². The van der Waals surface area contributed by atoms with E-state index in [1.165, 1.54) is 24.3 Å². The first-order valence-electron chi connectivity index (χ1n) is 4.23. The molecule has 1 saturated heterocycles. The Hall–Kier alpha value is -2.30. The SMILES string of the molecule is C=C1C(=O)NC(=O)N1c1ccc(O)cc1. The Balaban J connectivity index is 2.39. The number of phenols is 1. The van der Waals surface area contributed by atoms with E-state index in [4.69, 9.17) is 5.11 Å². The van der Waals surface area contributed by atoms with Gasteiger partial charge in [-0.3, -0.25) is 15.0 Å². The van der Waals surface area contributed by atoms with Gasteiger partial charge < -0.3 is 5.11 Å². The first-order chi connectivity index (χ1) is 7.09. The fraction of sp³-hybridized carbons (Fsp3) is 0. The molecule has 2 rings (SSSR count). The Labute approximate surface area is 85.6 Å². The second kappa shape index (κ2) is 3.13. The number of rotatable bonds is 1. The van der Waals surface area contributed by atoms with Crippen LogP contribution in [0.2, 0.25) is 0 Å².